The molecule has 0 saturated carbocycles. The molecule has 2 heterocycles. The van der Waals surface area contributed by atoms with Crippen molar-refractivity contribution in [1.82, 2.24) is 0 Å². The molecule has 2 aliphatic heterocycles. The number of ether oxygens (including phenoxy) is 1. The second-order valence-electron chi connectivity index (χ2n) is 16.6. The van der Waals surface area contributed by atoms with E-state index in [1.54, 1.807) is 0 Å². The van der Waals surface area contributed by atoms with Gasteiger partial charge in [-0.2, -0.15) is 0 Å². The minimum Gasteiger partial charge on any atom is -0.453 e. The first-order chi connectivity index (χ1) is 27.8. The van der Waals surface area contributed by atoms with Crippen LogP contribution in [0.15, 0.2) is 182 Å². The third kappa shape index (κ3) is 5.05. The van der Waals surface area contributed by atoms with Crippen molar-refractivity contribution in [3.05, 3.63) is 204 Å². The zero-order chi connectivity index (χ0) is 38.5. The maximum atomic E-state index is 6.68. The zero-order valence-electron chi connectivity index (χ0n) is 32.6. The van der Waals surface area contributed by atoms with Crippen LogP contribution in [0.5, 0.6) is 11.5 Å². The topological polar surface area (TPSA) is 15.7 Å². The first-order valence-electron chi connectivity index (χ1n) is 19.9. The molecule has 0 bridgehead atoms. The lowest BCUT2D eigenvalue weighted by molar-refractivity contribution is 0.471. The van der Waals surface area contributed by atoms with Gasteiger partial charge in [0, 0.05) is 27.9 Å². The number of rotatable bonds is 5. The van der Waals surface area contributed by atoms with Gasteiger partial charge in [0.25, 0.3) is 0 Å². The van der Waals surface area contributed by atoms with Crippen molar-refractivity contribution in [2.75, 3.05) is 9.80 Å². The van der Waals surface area contributed by atoms with E-state index in [0.717, 1.165) is 51.1 Å². The Morgan fingerprint density at radius 2 is 0.930 bits per heavy atom. The van der Waals surface area contributed by atoms with Crippen molar-refractivity contribution in [2.24, 2.45) is 0 Å². The Bertz CT molecular complexity index is 2870. The van der Waals surface area contributed by atoms with Gasteiger partial charge in [-0.3, -0.25) is 0 Å². The van der Waals surface area contributed by atoms with Crippen LogP contribution in [0.2, 0.25) is 0 Å². The van der Waals surface area contributed by atoms with Gasteiger partial charge in [-0.1, -0.05) is 143 Å². The van der Waals surface area contributed by atoms with E-state index in [2.05, 4.69) is 213 Å². The lowest BCUT2D eigenvalue weighted by Gasteiger charge is -2.45. The van der Waals surface area contributed by atoms with E-state index in [1.807, 2.05) is 6.07 Å². The molecule has 3 nitrogen and oxygen atoms in total. The summed E-state index contributed by atoms with van der Waals surface area (Å²) in [6.07, 6.45) is 0. The summed E-state index contributed by atoms with van der Waals surface area (Å²) in [7, 11) is 0. The van der Waals surface area contributed by atoms with E-state index < -0.39 is 0 Å². The van der Waals surface area contributed by atoms with Crippen LogP contribution < -0.4 is 14.5 Å². The zero-order valence-corrected chi connectivity index (χ0v) is 32.6. The monoisotopic (exact) mass is 734 g/mol. The fraction of sp³-hybridized carbons (Fsp3) is 0.111. The predicted molar refractivity (Wildman–Crippen MR) is 236 cm³/mol. The third-order valence-electron chi connectivity index (χ3n) is 12.6. The van der Waals surface area contributed by atoms with E-state index in [0.29, 0.717) is 0 Å². The summed E-state index contributed by atoms with van der Waals surface area (Å²) in [5.74, 6) is 1.76. The van der Waals surface area contributed by atoms with Gasteiger partial charge in [-0.05, 0) is 122 Å². The molecule has 0 amide bonds. The maximum Gasteiger partial charge on any atom is 0.152 e. The molecule has 3 heteroatoms. The van der Waals surface area contributed by atoms with Gasteiger partial charge >= 0.3 is 0 Å². The highest BCUT2D eigenvalue weighted by molar-refractivity contribution is 5.95. The Morgan fingerprint density at radius 1 is 0.386 bits per heavy atom. The van der Waals surface area contributed by atoms with Crippen LogP contribution in [0.4, 0.5) is 34.1 Å². The summed E-state index contributed by atoms with van der Waals surface area (Å²) in [6, 6.07) is 66.2. The van der Waals surface area contributed by atoms with Crippen LogP contribution in [0.25, 0.3) is 33.4 Å². The number of fused-ring (bicyclic) bond motifs is 7. The van der Waals surface area contributed by atoms with E-state index in [4.69, 9.17) is 4.74 Å². The van der Waals surface area contributed by atoms with Crippen molar-refractivity contribution in [2.45, 2.75) is 38.5 Å². The second kappa shape index (κ2) is 12.3. The SMILES string of the molecule is CC1(C)c2ccccc2-c2ccc(N(c3ccccc3)c3ccc(-c4ccc(-c5cc6c7c(c5)C(C)(C)c5ccccc5N7c5ccccc5O6)cc4)cc3)cc21. The fourth-order valence-corrected chi connectivity index (χ4v) is 9.63. The molecule has 0 atom stereocenters. The Labute approximate surface area is 335 Å². The van der Waals surface area contributed by atoms with Gasteiger partial charge in [-0.25, -0.2) is 0 Å². The van der Waals surface area contributed by atoms with Crippen molar-refractivity contribution in [3.8, 4) is 44.9 Å². The standard InChI is InChI=1S/C54H42N2O/c1-53(2)44-17-9-8-16-42(44)43-31-30-41(34-46(43)53)55(39-14-6-5-7-15-39)40-28-26-36(27-29-40)35-22-24-37(25-23-35)38-32-47-52-51(33-38)57-50-21-13-12-20-49(50)56(52)48-19-11-10-18-45(48)54(47,3)4/h5-34H,1-4H3. The van der Waals surface area contributed by atoms with Gasteiger partial charge in [0.15, 0.2) is 11.5 Å². The van der Waals surface area contributed by atoms with E-state index in [1.165, 1.54) is 50.2 Å². The quantitative estimate of drug-likeness (QED) is 0.175. The molecule has 8 aromatic rings. The number of nitrogens with zero attached hydrogens (tertiary/aromatic N) is 2. The first kappa shape index (κ1) is 33.5. The minimum absolute atomic E-state index is 0.0725. The molecule has 0 N–H and O–H groups in total. The first-order valence-corrected chi connectivity index (χ1v) is 19.9. The lowest BCUT2D eigenvalue weighted by Crippen LogP contribution is -2.32. The molecule has 57 heavy (non-hydrogen) atoms. The average molecular weight is 735 g/mol. The molecular weight excluding hydrogens is 693 g/mol. The van der Waals surface area contributed by atoms with Crippen LogP contribution in [-0.4, -0.2) is 0 Å². The highest BCUT2D eigenvalue weighted by Gasteiger charge is 2.42. The van der Waals surface area contributed by atoms with Crippen LogP contribution in [0, 0.1) is 0 Å². The molecule has 8 aromatic carbocycles. The van der Waals surface area contributed by atoms with Crippen molar-refractivity contribution >= 4 is 34.1 Å². The highest BCUT2D eigenvalue weighted by atomic mass is 16.5. The Kier molecular flexibility index (Phi) is 7.25. The lowest BCUT2D eigenvalue weighted by atomic mass is 9.72. The van der Waals surface area contributed by atoms with Crippen molar-refractivity contribution in [1.29, 1.82) is 0 Å². The molecule has 0 radical (unpaired) electrons. The van der Waals surface area contributed by atoms with Gasteiger partial charge in [0.1, 0.15) is 0 Å². The van der Waals surface area contributed by atoms with Crippen LogP contribution in [0.3, 0.4) is 0 Å². The summed E-state index contributed by atoms with van der Waals surface area (Å²) in [5, 5.41) is 0. The Hall–Kier alpha value is -6.84. The summed E-state index contributed by atoms with van der Waals surface area (Å²) in [5.41, 5.74) is 19.2. The average Bonchev–Trinajstić information content (AvgIpc) is 3.48. The van der Waals surface area contributed by atoms with Gasteiger partial charge in [-0.15, -0.1) is 0 Å². The molecule has 274 valence electrons. The predicted octanol–water partition coefficient (Wildman–Crippen LogP) is 15.0. The van der Waals surface area contributed by atoms with Gasteiger partial charge in [0.2, 0.25) is 0 Å². The number of hydrogen-bond acceptors (Lipinski definition) is 3. The van der Waals surface area contributed by atoms with Gasteiger partial charge < -0.3 is 14.5 Å². The van der Waals surface area contributed by atoms with E-state index in [9.17, 15) is 0 Å². The number of anilines is 6. The molecule has 3 aliphatic rings. The van der Waals surface area contributed by atoms with Gasteiger partial charge in [0.05, 0.1) is 17.1 Å². The Balaban J connectivity index is 0.935. The van der Waals surface area contributed by atoms with Crippen molar-refractivity contribution in [3.63, 3.8) is 0 Å². The summed E-state index contributed by atoms with van der Waals surface area (Å²) >= 11 is 0. The van der Waals surface area contributed by atoms with Crippen LogP contribution in [0.1, 0.15) is 49.9 Å². The van der Waals surface area contributed by atoms with Crippen LogP contribution >= 0.6 is 0 Å². The molecular formula is C54H42N2O. The third-order valence-corrected chi connectivity index (χ3v) is 12.6. The molecule has 1 aliphatic carbocycles. The minimum atomic E-state index is -0.209. The summed E-state index contributed by atoms with van der Waals surface area (Å²) in [4.78, 5) is 4.76. The summed E-state index contributed by atoms with van der Waals surface area (Å²) in [6.45, 7) is 9.35. The fourth-order valence-electron chi connectivity index (χ4n) is 9.63. The number of benzene rings is 8. The van der Waals surface area contributed by atoms with Crippen molar-refractivity contribution < 1.29 is 4.74 Å². The smallest absolute Gasteiger partial charge is 0.152 e. The normalized spacial score (nSPS) is 14.7. The molecule has 0 aromatic heterocycles. The highest BCUT2D eigenvalue weighted by Crippen LogP contribution is 2.60. The maximum absolute atomic E-state index is 6.68. The largest absolute Gasteiger partial charge is 0.453 e. The molecule has 11 rings (SSSR count). The molecule has 0 unspecified atom stereocenters. The molecule has 0 fully saturated rings. The molecule has 0 spiro atoms. The second-order valence-corrected chi connectivity index (χ2v) is 16.6. The van der Waals surface area contributed by atoms with Crippen LogP contribution in [-0.2, 0) is 10.8 Å². The van der Waals surface area contributed by atoms with E-state index >= 15 is 0 Å². The molecule has 0 saturated heterocycles. The van der Waals surface area contributed by atoms with E-state index in [-0.39, 0.29) is 10.8 Å². The number of hydrogen-bond donors (Lipinski definition) is 0. The Morgan fingerprint density at radius 3 is 1.68 bits per heavy atom. The summed E-state index contributed by atoms with van der Waals surface area (Å²) < 4.78 is 6.68. The number of para-hydroxylation sites is 4.